The number of halogens is 2. The topological polar surface area (TPSA) is 25.8 Å². The van der Waals surface area contributed by atoms with E-state index in [2.05, 4.69) is 10.2 Å². The van der Waals surface area contributed by atoms with Crippen LogP contribution in [0.1, 0.15) is 0 Å². The van der Waals surface area contributed by atoms with Crippen molar-refractivity contribution in [2.45, 2.75) is 0 Å². The third-order valence-corrected chi connectivity index (χ3v) is 2.01. The molecule has 1 aromatic carbocycles. The first-order chi connectivity index (χ1) is 6.77. The van der Waals surface area contributed by atoms with E-state index in [0.717, 1.165) is 0 Å². The van der Waals surface area contributed by atoms with E-state index in [1.54, 1.807) is 12.1 Å². The molecule has 1 heterocycles. The van der Waals surface area contributed by atoms with Gasteiger partial charge in [0.1, 0.15) is 5.82 Å². The highest BCUT2D eigenvalue weighted by molar-refractivity contribution is 6.30. The Balaban J connectivity index is 2.57. The van der Waals surface area contributed by atoms with Gasteiger partial charge in [0.2, 0.25) is 0 Å². The first kappa shape index (κ1) is 9.09. The Hall–Kier alpha value is -1.48. The summed E-state index contributed by atoms with van der Waals surface area (Å²) in [7, 11) is 0. The summed E-state index contributed by atoms with van der Waals surface area (Å²) < 4.78 is 13.3. The van der Waals surface area contributed by atoms with Crippen molar-refractivity contribution >= 4 is 11.6 Å². The second-order valence-corrected chi connectivity index (χ2v) is 3.17. The summed E-state index contributed by atoms with van der Waals surface area (Å²) in [4.78, 5) is 0. The van der Waals surface area contributed by atoms with Gasteiger partial charge < -0.3 is 0 Å². The summed E-state index contributed by atoms with van der Waals surface area (Å²) in [6.07, 6.45) is 1.53. The summed E-state index contributed by atoms with van der Waals surface area (Å²) in [6, 6.07) is 7.72. The summed E-state index contributed by atoms with van der Waals surface area (Å²) in [5.74, 6) is -0.352. The lowest BCUT2D eigenvalue weighted by Crippen LogP contribution is -1.89. The van der Waals surface area contributed by atoms with E-state index in [1.165, 1.54) is 24.4 Å². The van der Waals surface area contributed by atoms with Crippen LogP contribution < -0.4 is 0 Å². The number of hydrogen-bond donors (Lipinski definition) is 0. The van der Waals surface area contributed by atoms with Gasteiger partial charge in [-0.2, -0.15) is 10.2 Å². The molecule has 1 aromatic heterocycles. The van der Waals surface area contributed by atoms with Crippen molar-refractivity contribution < 1.29 is 4.39 Å². The third kappa shape index (κ3) is 1.72. The maximum absolute atomic E-state index is 13.3. The summed E-state index contributed by atoms with van der Waals surface area (Å²) in [5.41, 5.74) is 0.845. The molecular formula is C10H6ClFN2. The lowest BCUT2D eigenvalue weighted by molar-refractivity contribution is 0.630. The van der Waals surface area contributed by atoms with Gasteiger partial charge in [-0.15, -0.1) is 0 Å². The molecule has 0 atom stereocenters. The molecule has 0 N–H and O–H groups in total. The highest BCUT2D eigenvalue weighted by Crippen LogP contribution is 2.23. The van der Waals surface area contributed by atoms with Gasteiger partial charge in [0, 0.05) is 16.8 Å². The van der Waals surface area contributed by atoms with Gasteiger partial charge in [0.25, 0.3) is 0 Å². The van der Waals surface area contributed by atoms with Gasteiger partial charge in [0.05, 0.1) is 5.69 Å². The molecule has 70 valence electrons. The fraction of sp³-hybridized carbons (Fsp3) is 0. The van der Waals surface area contributed by atoms with Gasteiger partial charge in [-0.25, -0.2) is 4.39 Å². The largest absolute Gasteiger partial charge is 0.206 e. The Morgan fingerprint density at radius 2 is 2.07 bits per heavy atom. The molecule has 0 radical (unpaired) electrons. The molecule has 0 aliphatic heterocycles. The number of aromatic nitrogens is 2. The van der Waals surface area contributed by atoms with Crippen LogP contribution in [0.5, 0.6) is 0 Å². The normalized spacial score (nSPS) is 10.1. The summed E-state index contributed by atoms with van der Waals surface area (Å²) in [6.45, 7) is 0. The molecule has 2 rings (SSSR count). The number of nitrogens with zero attached hydrogens (tertiary/aromatic N) is 2. The second-order valence-electron chi connectivity index (χ2n) is 2.73. The van der Waals surface area contributed by atoms with E-state index >= 15 is 0 Å². The maximum Gasteiger partial charge on any atom is 0.132 e. The molecule has 0 aliphatic carbocycles. The minimum Gasteiger partial charge on any atom is -0.206 e. The smallest absolute Gasteiger partial charge is 0.132 e. The van der Waals surface area contributed by atoms with Crippen LogP contribution >= 0.6 is 11.6 Å². The molecule has 0 bridgehead atoms. The van der Waals surface area contributed by atoms with Crippen LogP contribution in [0, 0.1) is 5.82 Å². The zero-order valence-corrected chi connectivity index (χ0v) is 7.87. The number of rotatable bonds is 1. The molecule has 0 unspecified atom stereocenters. The quantitative estimate of drug-likeness (QED) is 0.720. The molecular weight excluding hydrogens is 203 g/mol. The van der Waals surface area contributed by atoms with E-state index in [0.29, 0.717) is 16.3 Å². The zero-order chi connectivity index (χ0) is 9.97. The van der Waals surface area contributed by atoms with E-state index in [4.69, 9.17) is 11.6 Å². The molecule has 2 nitrogen and oxygen atoms in total. The zero-order valence-electron chi connectivity index (χ0n) is 7.11. The first-order valence-corrected chi connectivity index (χ1v) is 4.38. The molecule has 0 amide bonds. The molecule has 0 aliphatic rings. The summed E-state index contributed by atoms with van der Waals surface area (Å²) in [5, 5.41) is 7.95. The standard InChI is InChI=1S/C10H6ClFN2/c11-7-3-4-9(12)8(6-7)10-2-1-5-13-14-10/h1-6H. The average molecular weight is 209 g/mol. The lowest BCUT2D eigenvalue weighted by Gasteiger charge is -2.01. The van der Waals surface area contributed by atoms with Crippen molar-refractivity contribution in [2.75, 3.05) is 0 Å². The third-order valence-electron chi connectivity index (χ3n) is 1.78. The Bertz CT molecular complexity index is 445. The average Bonchev–Trinajstić information content (AvgIpc) is 2.23. The summed E-state index contributed by atoms with van der Waals surface area (Å²) >= 11 is 5.75. The van der Waals surface area contributed by atoms with Gasteiger partial charge in [-0.05, 0) is 30.3 Å². The van der Waals surface area contributed by atoms with Crippen molar-refractivity contribution in [2.24, 2.45) is 0 Å². The number of hydrogen-bond acceptors (Lipinski definition) is 2. The molecule has 0 fully saturated rings. The second kappa shape index (κ2) is 3.72. The Kier molecular flexibility index (Phi) is 2.41. The maximum atomic E-state index is 13.3. The van der Waals surface area contributed by atoms with E-state index in [9.17, 15) is 4.39 Å². The predicted molar refractivity (Wildman–Crippen MR) is 52.4 cm³/mol. The highest BCUT2D eigenvalue weighted by atomic mass is 35.5. The SMILES string of the molecule is Fc1ccc(Cl)cc1-c1cccnn1. The van der Waals surface area contributed by atoms with Gasteiger partial charge in [-0.1, -0.05) is 11.6 Å². The van der Waals surface area contributed by atoms with E-state index in [1.807, 2.05) is 0 Å². The first-order valence-electron chi connectivity index (χ1n) is 4.00. The number of benzene rings is 1. The fourth-order valence-electron chi connectivity index (χ4n) is 1.14. The Morgan fingerprint density at radius 1 is 1.21 bits per heavy atom. The molecule has 14 heavy (non-hydrogen) atoms. The van der Waals surface area contributed by atoms with Crippen LogP contribution in [0.25, 0.3) is 11.3 Å². The van der Waals surface area contributed by atoms with Crippen molar-refractivity contribution in [1.29, 1.82) is 0 Å². The molecule has 0 saturated carbocycles. The highest BCUT2D eigenvalue weighted by Gasteiger charge is 2.06. The van der Waals surface area contributed by atoms with Crippen molar-refractivity contribution in [3.63, 3.8) is 0 Å². The fourth-order valence-corrected chi connectivity index (χ4v) is 1.31. The van der Waals surface area contributed by atoms with Gasteiger partial charge in [0.15, 0.2) is 0 Å². The van der Waals surface area contributed by atoms with Crippen molar-refractivity contribution in [3.05, 3.63) is 47.4 Å². The lowest BCUT2D eigenvalue weighted by atomic mass is 10.1. The minimum atomic E-state index is -0.352. The molecule has 0 spiro atoms. The predicted octanol–water partition coefficient (Wildman–Crippen LogP) is 2.94. The van der Waals surface area contributed by atoms with Gasteiger partial charge >= 0.3 is 0 Å². The Morgan fingerprint density at radius 3 is 2.79 bits per heavy atom. The van der Waals surface area contributed by atoms with Crippen LogP contribution in [0.2, 0.25) is 5.02 Å². The minimum absolute atomic E-state index is 0.352. The monoisotopic (exact) mass is 208 g/mol. The van der Waals surface area contributed by atoms with E-state index < -0.39 is 0 Å². The van der Waals surface area contributed by atoms with Gasteiger partial charge in [-0.3, -0.25) is 0 Å². The van der Waals surface area contributed by atoms with Crippen LogP contribution in [-0.4, -0.2) is 10.2 Å². The van der Waals surface area contributed by atoms with Crippen LogP contribution in [0.15, 0.2) is 36.5 Å². The molecule has 2 aromatic rings. The van der Waals surface area contributed by atoms with Crippen LogP contribution in [0.3, 0.4) is 0 Å². The van der Waals surface area contributed by atoms with Crippen LogP contribution in [-0.2, 0) is 0 Å². The van der Waals surface area contributed by atoms with Crippen LogP contribution in [0.4, 0.5) is 4.39 Å². The molecule has 0 saturated heterocycles. The van der Waals surface area contributed by atoms with E-state index in [-0.39, 0.29) is 5.82 Å². The Labute approximate surface area is 85.4 Å². The molecule has 4 heteroatoms. The van der Waals surface area contributed by atoms with Crippen molar-refractivity contribution in [3.8, 4) is 11.3 Å². The van der Waals surface area contributed by atoms with Crippen molar-refractivity contribution in [1.82, 2.24) is 10.2 Å².